The lowest BCUT2D eigenvalue weighted by Crippen LogP contribution is -2.53. The summed E-state index contributed by atoms with van der Waals surface area (Å²) < 4.78 is 11.4. The van der Waals surface area contributed by atoms with Crippen LogP contribution in [-0.4, -0.2) is 26.8 Å². The maximum Gasteiger partial charge on any atom is 0.330 e. The fourth-order valence-electron chi connectivity index (χ4n) is 2.01. The molecular formula is C12H22O3Si. The summed E-state index contributed by atoms with van der Waals surface area (Å²) in [5.41, 5.74) is 0. The van der Waals surface area contributed by atoms with Gasteiger partial charge in [-0.3, -0.25) is 0 Å². The van der Waals surface area contributed by atoms with Crippen molar-refractivity contribution in [2.75, 3.05) is 6.61 Å². The van der Waals surface area contributed by atoms with Crippen molar-refractivity contribution in [3.8, 4) is 0 Å². The van der Waals surface area contributed by atoms with Crippen molar-refractivity contribution in [1.82, 2.24) is 0 Å². The number of carbonyl (C=O) groups is 1. The van der Waals surface area contributed by atoms with E-state index in [-0.39, 0.29) is 11.9 Å². The molecule has 1 fully saturated rings. The van der Waals surface area contributed by atoms with Gasteiger partial charge in [0.1, 0.15) is 5.22 Å². The van der Waals surface area contributed by atoms with E-state index in [1.54, 1.807) is 0 Å². The Labute approximate surface area is 99.5 Å². The summed E-state index contributed by atoms with van der Waals surface area (Å²) in [7, 11) is -1.47. The third-order valence-electron chi connectivity index (χ3n) is 3.45. The van der Waals surface area contributed by atoms with Gasteiger partial charge in [0.05, 0.1) is 0 Å². The molecular weight excluding hydrogens is 220 g/mol. The summed E-state index contributed by atoms with van der Waals surface area (Å²) in [6.07, 6.45) is 3.57. The van der Waals surface area contributed by atoms with Crippen molar-refractivity contribution in [2.24, 2.45) is 5.92 Å². The van der Waals surface area contributed by atoms with Crippen LogP contribution in [0.5, 0.6) is 0 Å². The van der Waals surface area contributed by atoms with Gasteiger partial charge in [-0.1, -0.05) is 26.8 Å². The quantitative estimate of drug-likeness (QED) is 0.431. The lowest BCUT2D eigenvalue weighted by atomic mass is 10.1. The molecule has 16 heavy (non-hydrogen) atoms. The van der Waals surface area contributed by atoms with Gasteiger partial charge in [0.25, 0.3) is 0 Å². The third kappa shape index (κ3) is 2.95. The fourth-order valence-corrected chi connectivity index (χ4v) is 5.18. The highest BCUT2D eigenvalue weighted by Crippen LogP contribution is 2.30. The average molecular weight is 242 g/mol. The van der Waals surface area contributed by atoms with E-state index in [0.29, 0.717) is 0 Å². The first-order valence-corrected chi connectivity index (χ1v) is 7.84. The Bertz CT molecular complexity index is 259. The van der Waals surface area contributed by atoms with Crippen LogP contribution in [0.15, 0.2) is 12.7 Å². The van der Waals surface area contributed by atoms with E-state index in [0.717, 1.165) is 19.1 Å². The van der Waals surface area contributed by atoms with Gasteiger partial charge in [0.2, 0.25) is 9.04 Å². The van der Waals surface area contributed by atoms with Gasteiger partial charge < -0.3 is 9.16 Å². The van der Waals surface area contributed by atoms with Gasteiger partial charge in [-0.2, -0.15) is 0 Å². The highest BCUT2D eigenvalue weighted by Gasteiger charge is 2.43. The van der Waals surface area contributed by atoms with Crippen LogP contribution in [-0.2, 0) is 14.0 Å². The zero-order chi connectivity index (χ0) is 12.2. The van der Waals surface area contributed by atoms with Crippen LogP contribution in [0.4, 0.5) is 0 Å². The molecule has 0 saturated carbocycles. The summed E-state index contributed by atoms with van der Waals surface area (Å²) in [4.78, 5) is 11.4. The summed E-state index contributed by atoms with van der Waals surface area (Å²) in [6, 6.07) is 1.10. The highest BCUT2D eigenvalue weighted by atomic mass is 28.3. The minimum absolute atomic E-state index is 0.283. The van der Waals surface area contributed by atoms with Crippen LogP contribution >= 0.6 is 0 Å². The van der Waals surface area contributed by atoms with Gasteiger partial charge in [-0.15, -0.1) is 0 Å². The number of carbonyl (C=O) groups excluding carboxylic acids is 1. The van der Waals surface area contributed by atoms with Crippen LogP contribution in [0, 0.1) is 5.92 Å². The zero-order valence-corrected chi connectivity index (χ0v) is 11.6. The topological polar surface area (TPSA) is 35.5 Å². The first kappa shape index (κ1) is 13.5. The molecule has 1 saturated heterocycles. The molecule has 1 heterocycles. The SMILES string of the molecule is C=CC(=O)OC(C)(C(C)C)[SiH]1CCCCO1. The molecule has 0 spiro atoms. The summed E-state index contributed by atoms with van der Waals surface area (Å²) in [6.45, 7) is 10.5. The maximum atomic E-state index is 11.4. The van der Waals surface area contributed by atoms with Crippen molar-refractivity contribution in [2.45, 2.75) is 44.9 Å². The second-order valence-corrected chi connectivity index (χ2v) is 7.85. The van der Waals surface area contributed by atoms with Gasteiger partial charge in [0, 0.05) is 12.7 Å². The van der Waals surface area contributed by atoms with E-state index in [2.05, 4.69) is 20.4 Å². The minimum atomic E-state index is -1.47. The Morgan fingerprint density at radius 3 is 2.69 bits per heavy atom. The fraction of sp³-hybridized carbons (Fsp3) is 0.750. The Morgan fingerprint density at radius 1 is 1.56 bits per heavy atom. The summed E-state index contributed by atoms with van der Waals surface area (Å²) in [5.74, 6) is -0.0518. The molecule has 0 radical (unpaired) electrons. The Hall–Kier alpha value is -0.613. The number of hydrogen-bond donors (Lipinski definition) is 0. The predicted octanol–water partition coefficient (Wildman–Crippen LogP) is 2.20. The van der Waals surface area contributed by atoms with Gasteiger partial charge in [-0.25, -0.2) is 4.79 Å². The summed E-state index contributed by atoms with van der Waals surface area (Å²) >= 11 is 0. The van der Waals surface area contributed by atoms with E-state index in [1.807, 2.05) is 6.92 Å². The van der Waals surface area contributed by atoms with Crippen molar-refractivity contribution in [3.05, 3.63) is 12.7 Å². The van der Waals surface area contributed by atoms with Gasteiger partial charge in [-0.05, 0) is 25.3 Å². The molecule has 0 amide bonds. The Kier molecular flexibility index (Phi) is 4.74. The van der Waals surface area contributed by atoms with Crippen LogP contribution in [0.25, 0.3) is 0 Å². The lowest BCUT2D eigenvalue weighted by Gasteiger charge is -2.40. The molecule has 0 bridgehead atoms. The van der Waals surface area contributed by atoms with Crippen LogP contribution in [0.2, 0.25) is 6.04 Å². The molecule has 1 rings (SSSR count). The summed E-state index contributed by atoms with van der Waals surface area (Å²) in [5, 5.41) is -0.411. The normalized spacial score (nSPS) is 24.9. The van der Waals surface area contributed by atoms with Crippen molar-refractivity contribution < 1.29 is 14.0 Å². The first-order valence-electron chi connectivity index (χ1n) is 5.97. The van der Waals surface area contributed by atoms with E-state index in [1.165, 1.54) is 12.5 Å². The highest BCUT2D eigenvalue weighted by molar-refractivity contribution is 6.55. The smallest absolute Gasteiger partial charge is 0.330 e. The van der Waals surface area contributed by atoms with E-state index < -0.39 is 14.3 Å². The zero-order valence-electron chi connectivity index (χ0n) is 10.5. The molecule has 4 heteroatoms. The number of ether oxygens (including phenoxy) is 1. The molecule has 0 aromatic carbocycles. The third-order valence-corrected chi connectivity index (χ3v) is 7.09. The second-order valence-electron chi connectivity index (χ2n) is 4.82. The molecule has 0 aromatic rings. The monoisotopic (exact) mass is 242 g/mol. The maximum absolute atomic E-state index is 11.4. The number of rotatable bonds is 4. The lowest BCUT2D eigenvalue weighted by molar-refractivity contribution is -0.149. The minimum Gasteiger partial charge on any atom is -0.457 e. The van der Waals surface area contributed by atoms with E-state index >= 15 is 0 Å². The Balaban J connectivity index is 2.77. The van der Waals surface area contributed by atoms with Crippen LogP contribution in [0.3, 0.4) is 0 Å². The van der Waals surface area contributed by atoms with Crippen LogP contribution in [0.1, 0.15) is 33.6 Å². The molecule has 1 aliphatic heterocycles. The predicted molar refractivity (Wildman–Crippen MR) is 66.7 cm³/mol. The van der Waals surface area contributed by atoms with Crippen molar-refractivity contribution in [1.29, 1.82) is 0 Å². The van der Waals surface area contributed by atoms with E-state index in [9.17, 15) is 4.79 Å². The van der Waals surface area contributed by atoms with Gasteiger partial charge >= 0.3 is 5.97 Å². The number of hydrogen-bond acceptors (Lipinski definition) is 3. The van der Waals surface area contributed by atoms with Gasteiger partial charge in [0.15, 0.2) is 0 Å². The average Bonchev–Trinajstić information content (AvgIpc) is 2.29. The Morgan fingerprint density at radius 2 is 2.25 bits per heavy atom. The molecule has 3 nitrogen and oxygen atoms in total. The molecule has 0 aromatic heterocycles. The molecule has 2 unspecified atom stereocenters. The molecule has 2 atom stereocenters. The van der Waals surface area contributed by atoms with E-state index in [4.69, 9.17) is 9.16 Å². The standard InChI is InChI=1S/C12H22O3Si/c1-5-11(13)15-12(4,10(2)3)16-9-7-6-8-14-16/h5,10,16H,1,6-9H2,2-4H3. The molecule has 0 N–H and O–H groups in total. The van der Waals surface area contributed by atoms with Crippen molar-refractivity contribution >= 4 is 15.0 Å². The van der Waals surface area contributed by atoms with Crippen LogP contribution < -0.4 is 0 Å². The second kappa shape index (κ2) is 5.64. The molecule has 1 aliphatic rings. The van der Waals surface area contributed by atoms with Crippen molar-refractivity contribution in [3.63, 3.8) is 0 Å². The molecule has 92 valence electrons. The largest absolute Gasteiger partial charge is 0.457 e. The number of esters is 1. The first-order chi connectivity index (χ1) is 7.50. The molecule has 0 aliphatic carbocycles.